The van der Waals surface area contributed by atoms with E-state index in [2.05, 4.69) is 168 Å². The molecule has 9 aromatic rings. The maximum atomic E-state index is 2.39. The summed E-state index contributed by atoms with van der Waals surface area (Å²) < 4.78 is 2.39. The number of fused-ring (bicyclic) bond motifs is 6. The van der Waals surface area contributed by atoms with Crippen LogP contribution in [0.3, 0.4) is 0 Å². The van der Waals surface area contributed by atoms with Crippen LogP contribution in [0.1, 0.15) is 0 Å². The van der Waals surface area contributed by atoms with Crippen molar-refractivity contribution >= 4 is 55.1 Å². The van der Waals surface area contributed by atoms with E-state index in [0.29, 0.717) is 0 Å². The van der Waals surface area contributed by atoms with E-state index in [9.17, 15) is 0 Å². The number of nitrogens with zero attached hydrogens (tertiary/aromatic N) is 1. The Labute approximate surface area is 271 Å². The van der Waals surface area contributed by atoms with E-state index in [0.717, 1.165) is 0 Å². The number of rotatable bonds is 3. The second-order valence-electron chi connectivity index (χ2n) is 12.1. The molecule has 10 rings (SSSR count). The van der Waals surface area contributed by atoms with Gasteiger partial charge in [-0.25, -0.2) is 0 Å². The maximum Gasteiger partial charge on any atom is 0.0547 e. The Hall–Kier alpha value is -5.57. The Morgan fingerprint density at radius 3 is 2.02 bits per heavy atom. The molecule has 1 aromatic heterocycles. The van der Waals surface area contributed by atoms with Crippen LogP contribution in [0, 0.1) is 0 Å². The molecule has 1 aliphatic rings. The van der Waals surface area contributed by atoms with Crippen LogP contribution in [0.2, 0.25) is 0 Å². The van der Waals surface area contributed by atoms with Gasteiger partial charge in [0.05, 0.1) is 11.0 Å². The van der Waals surface area contributed by atoms with Gasteiger partial charge in [0.25, 0.3) is 0 Å². The molecule has 0 N–H and O–H groups in total. The van der Waals surface area contributed by atoms with Gasteiger partial charge in [0.15, 0.2) is 0 Å². The van der Waals surface area contributed by atoms with Crippen molar-refractivity contribution in [2.75, 3.05) is 0 Å². The highest BCUT2D eigenvalue weighted by Gasteiger charge is 2.20. The van der Waals surface area contributed by atoms with E-state index in [-0.39, 0.29) is 0 Å². The van der Waals surface area contributed by atoms with Gasteiger partial charge in [-0.15, -0.1) is 0 Å². The average Bonchev–Trinajstić information content (AvgIpc) is 3.44. The molecule has 8 aromatic carbocycles. The zero-order chi connectivity index (χ0) is 30.2. The molecule has 46 heavy (non-hydrogen) atoms. The molecule has 0 unspecified atom stereocenters. The molecule has 0 spiro atoms. The minimum absolute atomic E-state index is 1.18. The summed E-state index contributed by atoms with van der Waals surface area (Å²) in [5.74, 6) is 0. The fourth-order valence-corrected chi connectivity index (χ4v) is 8.55. The predicted octanol–water partition coefficient (Wildman–Crippen LogP) is 12.6. The van der Waals surface area contributed by atoms with Crippen LogP contribution in [-0.2, 0) is 0 Å². The van der Waals surface area contributed by atoms with E-state index < -0.39 is 0 Å². The first-order valence-electron chi connectivity index (χ1n) is 15.8. The van der Waals surface area contributed by atoms with Crippen molar-refractivity contribution in [2.24, 2.45) is 0 Å². The van der Waals surface area contributed by atoms with Gasteiger partial charge < -0.3 is 4.57 Å². The van der Waals surface area contributed by atoms with Gasteiger partial charge in [0.1, 0.15) is 0 Å². The summed E-state index contributed by atoms with van der Waals surface area (Å²) >= 11 is 1.88. The molecular formula is C44H27NS. The third-order valence-electron chi connectivity index (χ3n) is 9.57. The van der Waals surface area contributed by atoms with Gasteiger partial charge in [-0.2, -0.15) is 0 Å². The second kappa shape index (κ2) is 9.97. The van der Waals surface area contributed by atoms with Crippen LogP contribution >= 0.6 is 11.8 Å². The summed E-state index contributed by atoms with van der Waals surface area (Å²) in [5, 5.41) is 7.74. The Bertz CT molecular complexity index is 2650. The SMILES string of the molecule is c1ccc(-n2c3ccccc3c3cc4ccc(-c5ccc(-c6ccc7c8c(cccc68)-c6ccccc6S7)cc5)cc4cc32)cc1. The highest BCUT2D eigenvalue weighted by molar-refractivity contribution is 7.99. The molecule has 0 aliphatic carbocycles. The lowest BCUT2D eigenvalue weighted by molar-refractivity contribution is 1.18. The number of aromatic nitrogens is 1. The van der Waals surface area contributed by atoms with E-state index in [1.54, 1.807) is 0 Å². The topological polar surface area (TPSA) is 4.93 Å². The molecule has 1 nitrogen and oxygen atoms in total. The van der Waals surface area contributed by atoms with Gasteiger partial charge in [-0.05, 0) is 98.1 Å². The van der Waals surface area contributed by atoms with E-state index >= 15 is 0 Å². The van der Waals surface area contributed by atoms with Gasteiger partial charge in [-0.1, -0.05) is 127 Å². The third kappa shape index (κ3) is 3.84. The van der Waals surface area contributed by atoms with Gasteiger partial charge in [0, 0.05) is 31.6 Å². The lowest BCUT2D eigenvalue weighted by Crippen LogP contribution is -1.94. The molecule has 214 valence electrons. The minimum atomic E-state index is 1.18. The number of hydrogen-bond donors (Lipinski definition) is 0. The molecular weight excluding hydrogens is 575 g/mol. The molecule has 0 radical (unpaired) electrons. The second-order valence-corrected chi connectivity index (χ2v) is 13.2. The van der Waals surface area contributed by atoms with Crippen LogP contribution in [0.25, 0.3) is 82.4 Å². The van der Waals surface area contributed by atoms with Crippen molar-refractivity contribution in [1.29, 1.82) is 0 Å². The number of para-hydroxylation sites is 2. The highest BCUT2D eigenvalue weighted by atomic mass is 32.2. The van der Waals surface area contributed by atoms with Gasteiger partial charge in [-0.3, -0.25) is 0 Å². The zero-order valence-corrected chi connectivity index (χ0v) is 25.8. The molecule has 0 fully saturated rings. The average molecular weight is 602 g/mol. The molecule has 2 heteroatoms. The van der Waals surface area contributed by atoms with E-state index in [4.69, 9.17) is 0 Å². The summed E-state index contributed by atoms with van der Waals surface area (Å²) in [5.41, 5.74) is 11.3. The summed E-state index contributed by atoms with van der Waals surface area (Å²) in [6, 6.07) is 60.2. The Morgan fingerprint density at radius 1 is 0.370 bits per heavy atom. The number of benzene rings is 8. The fourth-order valence-electron chi connectivity index (χ4n) is 7.42. The molecule has 1 aliphatic heterocycles. The van der Waals surface area contributed by atoms with Crippen LogP contribution in [-0.4, -0.2) is 4.57 Å². The lowest BCUT2D eigenvalue weighted by Gasteiger charge is -2.21. The fraction of sp³-hybridized carbons (Fsp3) is 0. The largest absolute Gasteiger partial charge is 0.309 e. The molecule has 0 atom stereocenters. The predicted molar refractivity (Wildman–Crippen MR) is 196 cm³/mol. The molecule has 0 saturated heterocycles. The first kappa shape index (κ1) is 25.7. The third-order valence-corrected chi connectivity index (χ3v) is 10.7. The van der Waals surface area contributed by atoms with Gasteiger partial charge in [0.2, 0.25) is 0 Å². The van der Waals surface area contributed by atoms with Crippen molar-refractivity contribution < 1.29 is 0 Å². The van der Waals surface area contributed by atoms with Crippen molar-refractivity contribution in [1.82, 2.24) is 4.57 Å². The summed E-state index contributed by atoms with van der Waals surface area (Å²) in [6.45, 7) is 0. The quantitative estimate of drug-likeness (QED) is 0.195. The van der Waals surface area contributed by atoms with Crippen molar-refractivity contribution in [3.05, 3.63) is 164 Å². The maximum absolute atomic E-state index is 2.39. The molecule has 0 amide bonds. The Kier molecular flexibility index (Phi) is 5.58. The first-order valence-corrected chi connectivity index (χ1v) is 16.6. The standard InChI is InChI=1S/C44H27NS/c1-2-9-33(10-3-1)45-40-15-6-4-11-35(40)39-26-31-22-21-30(25-32(31)27-41(39)45)28-17-19-29(20-18-28)34-23-24-43-44-37(34)13-8-14-38(44)36-12-5-7-16-42(36)46-43/h1-27H. The van der Waals surface area contributed by atoms with Crippen molar-refractivity contribution in [3.8, 4) is 39.1 Å². The number of hydrogen-bond acceptors (Lipinski definition) is 1. The van der Waals surface area contributed by atoms with Crippen LogP contribution in [0.15, 0.2) is 174 Å². The van der Waals surface area contributed by atoms with Crippen molar-refractivity contribution in [2.45, 2.75) is 9.79 Å². The smallest absolute Gasteiger partial charge is 0.0547 e. The van der Waals surface area contributed by atoms with E-state index in [1.165, 1.54) is 92.2 Å². The first-order chi connectivity index (χ1) is 22.8. The van der Waals surface area contributed by atoms with Crippen molar-refractivity contribution in [3.63, 3.8) is 0 Å². The lowest BCUT2D eigenvalue weighted by atomic mass is 9.91. The van der Waals surface area contributed by atoms with Gasteiger partial charge >= 0.3 is 0 Å². The Morgan fingerprint density at radius 2 is 1.11 bits per heavy atom. The molecule has 2 heterocycles. The zero-order valence-electron chi connectivity index (χ0n) is 24.9. The summed E-state index contributed by atoms with van der Waals surface area (Å²) in [6.07, 6.45) is 0. The Balaban J connectivity index is 1.07. The highest BCUT2D eigenvalue weighted by Crippen LogP contribution is 2.49. The molecule has 0 saturated carbocycles. The monoisotopic (exact) mass is 601 g/mol. The molecule has 0 bridgehead atoms. The van der Waals surface area contributed by atoms with E-state index in [1.807, 2.05) is 11.8 Å². The summed E-state index contributed by atoms with van der Waals surface area (Å²) in [4.78, 5) is 2.67. The van der Waals surface area contributed by atoms with Crippen LogP contribution in [0.5, 0.6) is 0 Å². The summed E-state index contributed by atoms with van der Waals surface area (Å²) in [7, 11) is 0. The normalized spacial score (nSPS) is 12.3. The van der Waals surface area contributed by atoms with Crippen LogP contribution in [0.4, 0.5) is 0 Å². The van der Waals surface area contributed by atoms with Crippen LogP contribution < -0.4 is 0 Å². The minimum Gasteiger partial charge on any atom is -0.309 e.